The van der Waals surface area contributed by atoms with E-state index < -0.39 is 29.7 Å². The van der Waals surface area contributed by atoms with Crippen LogP contribution in [0.15, 0.2) is 15.8 Å². The molecule has 7 nitrogen and oxygen atoms in total. The van der Waals surface area contributed by atoms with Crippen molar-refractivity contribution in [3.63, 3.8) is 0 Å². The summed E-state index contributed by atoms with van der Waals surface area (Å²) in [7, 11) is 0. The van der Waals surface area contributed by atoms with Gasteiger partial charge in [0.1, 0.15) is 35.3 Å². The molecular weight excluding hydrogens is 355 g/mol. The zero-order valence-electron chi connectivity index (χ0n) is 9.63. The molecule has 2 heterocycles. The molecule has 1 saturated heterocycles. The van der Waals surface area contributed by atoms with Crippen molar-refractivity contribution in [2.75, 3.05) is 6.61 Å². The lowest BCUT2D eigenvalue weighted by atomic mass is 10.2. The Kier molecular flexibility index (Phi) is 4.20. The molecule has 0 saturated carbocycles. The van der Waals surface area contributed by atoms with Gasteiger partial charge in [0.25, 0.3) is 5.56 Å². The van der Waals surface area contributed by atoms with Crippen LogP contribution < -0.4 is 11.2 Å². The Morgan fingerprint density at radius 1 is 1.67 bits per heavy atom. The maximum atomic E-state index is 11.7. The van der Waals surface area contributed by atoms with Gasteiger partial charge in [-0.25, -0.2) is 4.79 Å². The van der Waals surface area contributed by atoms with Gasteiger partial charge in [-0.1, -0.05) is 0 Å². The minimum absolute atomic E-state index is 0.245. The summed E-state index contributed by atoms with van der Waals surface area (Å²) >= 11 is 1.72. The van der Waals surface area contributed by atoms with Gasteiger partial charge < -0.3 is 12.9 Å². The summed E-state index contributed by atoms with van der Waals surface area (Å²) in [6, 6.07) is 0. The van der Waals surface area contributed by atoms with Crippen molar-refractivity contribution >= 4 is 23.0 Å². The number of halogens is 1. The largest absolute Gasteiger partial charge is 0.390 e. The molecule has 2 rings (SSSR count). The molecule has 18 heavy (non-hydrogen) atoms. The van der Waals surface area contributed by atoms with Gasteiger partial charge in [0, 0.05) is 18.2 Å². The molecule has 0 unspecified atom stereocenters. The van der Waals surface area contributed by atoms with Gasteiger partial charge in [-0.15, -0.1) is 0 Å². The smallest absolute Gasteiger partial charge is 0.330 e. The molecule has 0 radical (unpaired) electrons. The van der Waals surface area contributed by atoms with Crippen molar-refractivity contribution in [2.45, 2.75) is 31.8 Å². The number of nitrogens with zero attached hydrogens (tertiary/aromatic N) is 1. The third-order valence-corrected chi connectivity index (χ3v) is 3.25. The fourth-order valence-corrected chi connectivity index (χ4v) is 2.25. The second-order valence-electron chi connectivity index (χ2n) is 4.19. The van der Waals surface area contributed by atoms with Gasteiger partial charge in [-0.2, -0.15) is 0 Å². The van der Waals surface area contributed by atoms with Crippen LogP contribution in [0.4, 0.5) is 0 Å². The Morgan fingerprint density at radius 3 is 3.06 bits per heavy atom. The van der Waals surface area contributed by atoms with Gasteiger partial charge in [-0.05, 0) is 6.92 Å². The molecule has 0 bridgehead atoms. The van der Waals surface area contributed by atoms with Crippen LogP contribution in [-0.2, 0) is 7.80 Å². The fourth-order valence-electron chi connectivity index (χ4n) is 1.90. The maximum Gasteiger partial charge on any atom is 0.330 e. The highest BCUT2D eigenvalue weighted by Crippen LogP contribution is 2.27. The molecule has 8 heteroatoms. The van der Waals surface area contributed by atoms with E-state index in [0.717, 1.165) is 0 Å². The van der Waals surface area contributed by atoms with Gasteiger partial charge in [0.15, 0.2) is 0 Å². The number of rotatable bonds is 3. The summed E-state index contributed by atoms with van der Waals surface area (Å²) in [5.74, 6) is 0. The van der Waals surface area contributed by atoms with E-state index in [1.54, 1.807) is 29.9 Å². The summed E-state index contributed by atoms with van der Waals surface area (Å²) in [5.41, 5.74) is -0.540. The van der Waals surface area contributed by atoms with Crippen LogP contribution >= 0.6 is 23.0 Å². The van der Waals surface area contributed by atoms with E-state index in [0.29, 0.717) is 5.56 Å². The number of hydrogen-bond donors (Lipinski definition) is 2. The minimum Gasteiger partial charge on any atom is -0.390 e. The number of ether oxygens (including phenoxy) is 1. The molecule has 3 atom stereocenters. The van der Waals surface area contributed by atoms with E-state index in [-0.39, 0.29) is 13.0 Å². The van der Waals surface area contributed by atoms with Crippen LogP contribution in [0.5, 0.6) is 0 Å². The number of H-pyrrole nitrogens is 1. The van der Waals surface area contributed by atoms with E-state index in [1.807, 2.05) is 0 Å². The van der Waals surface area contributed by atoms with Gasteiger partial charge in [-0.3, -0.25) is 14.3 Å². The Labute approximate surface area is 116 Å². The zero-order chi connectivity index (χ0) is 13.3. The number of aromatic amines is 1. The van der Waals surface area contributed by atoms with E-state index in [1.165, 1.54) is 10.8 Å². The first-order valence-corrected chi connectivity index (χ1v) is 6.30. The van der Waals surface area contributed by atoms with Gasteiger partial charge in [0.2, 0.25) is 0 Å². The highest BCUT2D eigenvalue weighted by Gasteiger charge is 2.35. The maximum absolute atomic E-state index is 11.7. The molecule has 1 aliphatic rings. The zero-order valence-corrected chi connectivity index (χ0v) is 11.8. The Morgan fingerprint density at radius 2 is 2.39 bits per heavy atom. The quantitative estimate of drug-likeness (QED) is 0.725. The van der Waals surface area contributed by atoms with Crippen LogP contribution in [0, 0.1) is 6.92 Å². The van der Waals surface area contributed by atoms with E-state index in [2.05, 4.69) is 4.98 Å². The first kappa shape index (κ1) is 13.7. The number of nitrogens with one attached hydrogen (secondary N) is 1. The van der Waals surface area contributed by atoms with Crippen molar-refractivity contribution in [2.24, 2.45) is 0 Å². The third-order valence-electron chi connectivity index (χ3n) is 2.89. The molecule has 2 N–H and O–H groups in total. The number of aliphatic hydroxyl groups excluding tert-OH is 1. The summed E-state index contributed by atoms with van der Waals surface area (Å²) in [4.78, 5) is 25.1. The van der Waals surface area contributed by atoms with Crippen LogP contribution in [0.2, 0.25) is 0 Å². The first-order chi connectivity index (χ1) is 8.52. The van der Waals surface area contributed by atoms with E-state index in [9.17, 15) is 14.7 Å². The first-order valence-electron chi connectivity index (χ1n) is 5.42. The molecule has 100 valence electrons. The Balaban J connectivity index is 2.26. The van der Waals surface area contributed by atoms with Gasteiger partial charge >= 0.3 is 5.69 Å². The monoisotopic (exact) mass is 368 g/mol. The van der Waals surface area contributed by atoms with Crippen molar-refractivity contribution in [1.29, 1.82) is 0 Å². The molecule has 0 spiro atoms. The van der Waals surface area contributed by atoms with Crippen LogP contribution in [0.25, 0.3) is 0 Å². The molecular formula is C10H13IN2O5. The number of aryl methyl sites for hydroxylation is 1. The van der Waals surface area contributed by atoms with Crippen molar-refractivity contribution in [3.05, 3.63) is 32.6 Å². The minimum atomic E-state index is -0.691. The standard InChI is InChI=1S/C10H13IN2O5/c1-5-3-13(10(16)12-9(5)15)8-2-6(14)7(18-8)4-17-11/h3,6-8,14H,2,4H2,1H3,(H,12,15,16)/t6-,7+,8+/m0/s1. The molecule has 0 aromatic carbocycles. The molecule has 1 aromatic heterocycles. The summed E-state index contributed by atoms with van der Waals surface area (Å²) in [6.45, 7) is 1.85. The topological polar surface area (TPSA) is 93.6 Å². The summed E-state index contributed by atoms with van der Waals surface area (Å²) in [5, 5.41) is 9.77. The molecule has 1 fully saturated rings. The number of aliphatic hydroxyl groups is 1. The lowest BCUT2D eigenvalue weighted by Crippen LogP contribution is -2.33. The number of aromatic nitrogens is 2. The predicted octanol–water partition coefficient (Wildman–Crippen LogP) is -0.140. The van der Waals surface area contributed by atoms with E-state index in [4.69, 9.17) is 7.80 Å². The average molecular weight is 368 g/mol. The van der Waals surface area contributed by atoms with Crippen molar-refractivity contribution in [3.8, 4) is 0 Å². The van der Waals surface area contributed by atoms with Gasteiger partial charge in [0.05, 0.1) is 12.7 Å². The third kappa shape index (κ3) is 2.66. The van der Waals surface area contributed by atoms with Crippen LogP contribution in [0.3, 0.4) is 0 Å². The molecule has 0 amide bonds. The predicted molar refractivity (Wildman–Crippen MR) is 70.6 cm³/mol. The SMILES string of the molecule is Cc1cn([C@H]2C[C@H](O)[C@@H](COI)O2)c(=O)[nH]c1=O. The Bertz CT molecular complexity index is 540. The second kappa shape index (κ2) is 5.51. The highest BCUT2D eigenvalue weighted by atomic mass is 127. The molecule has 1 aliphatic heterocycles. The van der Waals surface area contributed by atoms with Crippen LogP contribution in [-0.4, -0.2) is 33.5 Å². The van der Waals surface area contributed by atoms with Crippen molar-refractivity contribution in [1.82, 2.24) is 9.55 Å². The molecule has 1 aromatic rings. The van der Waals surface area contributed by atoms with Crippen molar-refractivity contribution < 1.29 is 12.9 Å². The number of hydrogen-bond acceptors (Lipinski definition) is 5. The van der Waals surface area contributed by atoms with Crippen LogP contribution in [0.1, 0.15) is 18.2 Å². The lowest BCUT2D eigenvalue weighted by molar-refractivity contribution is -0.0348. The normalized spacial score (nSPS) is 27.6. The highest BCUT2D eigenvalue weighted by molar-refractivity contribution is 14.1. The average Bonchev–Trinajstić information content (AvgIpc) is 2.66. The summed E-state index contributed by atoms with van der Waals surface area (Å²) in [6.07, 6.45) is -0.0171. The summed E-state index contributed by atoms with van der Waals surface area (Å²) < 4.78 is 11.7. The second-order valence-corrected chi connectivity index (χ2v) is 4.81. The lowest BCUT2D eigenvalue weighted by Gasteiger charge is -2.15. The fraction of sp³-hybridized carbons (Fsp3) is 0.600. The molecule has 0 aliphatic carbocycles. The van der Waals surface area contributed by atoms with E-state index >= 15 is 0 Å². The Hall–Kier alpha value is -0.710.